The number of hydrogen-bond donors (Lipinski definition) is 2. The minimum Gasteiger partial charge on any atom is -0.337 e. The minimum atomic E-state index is -0.0954. The van der Waals surface area contributed by atoms with Crippen LogP contribution in [0, 0.1) is 5.92 Å². The molecule has 0 unspecified atom stereocenters. The molecule has 7 heteroatoms. The lowest BCUT2D eigenvalue weighted by molar-refractivity contribution is -0.121. The van der Waals surface area contributed by atoms with Gasteiger partial charge in [0.25, 0.3) is 5.91 Å². The summed E-state index contributed by atoms with van der Waals surface area (Å²) in [6, 6.07) is 9.45. The van der Waals surface area contributed by atoms with Crippen LogP contribution in [0.3, 0.4) is 0 Å². The first-order valence-electron chi connectivity index (χ1n) is 8.86. The van der Waals surface area contributed by atoms with Crippen LogP contribution in [0.2, 0.25) is 0 Å². The summed E-state index contributed by atoms with van der Waals surface area (Å²) in [5.74, 6) is 0.104. The average Bonchev–Trinajstić information content (AvgIpc) is 3.04. The highest BCUT2D eigenvalue weighted by molar-refractivity contribution is 9.10. The number of carbonyl (C=O) groups is 2. The third-order valence-electron chi connectivity index (χ3n) is 4.71. The Kier molecular flexibility index (Phi) is 5.76. The molecule has 0 aliphatic carbocycles. The van der Waals surface area contributed by atoms with E-state index in [1.165, 1.54) is 0 Å². The van der Waals surface area contributed by atoms with E-state index in [0.29, 0.717) is 31.6 Å². The third-order valence-corrected chi connectivity index (χ3v) is 5.51. The van der Waals surface area contributed by atoms with E-state index in [0.717, 1.165) is 15.9 Å². The lowest BCUT2D eigenvalue weighted by Gasteiger charge is -2.31. The van der Waals surface area contributed by atoms with Crippen molar-refractivity contribution >= 4 is 33.4 Å². The Morgan fingerprint density at radius 3 is 2.46 bits per heavy atom. The fourth-order valence-electron chi connectivity index (χ4n) is 3.13. The van der Waals surface area contributed by atoms with Gasteiger partial charge in [-0.25, -0.2) is 0 Å². The van der Waals surface area contributed by atoms with Gasteiger partial charge in [0.1, 0.15) is 0 Å². The van der Waals surface area contributed by atoms with Gasteiger partial charge in [0.05, 0.1) is 10.2 Å². The summed E-state index contributed by atoms with van der Waals surface area (Å²) in [5, 5.41) is 10.1. The summed E-state index contributed by atoms with van der Waals surface area (Å²) in [7, 11) is 0. The standard InChI is InChI=1S/C19H23BrN4O2/c1-12(2)16-15(20)17(23-22-16)19(26)24-10-8-13(9-11-24)18(25)21-14-6-4-3-5-7-14/h3-7,12-13H,8-11H2,1-2H3,(H,21,25)(H,22,23). The number of hydrogen-bond acceptors (Lipinski definition) is 3. The van der Waals surface area contributed by atoms with E-state index < -0.39 is 0 Å². The van der Waals surface area contributed by atoms with Crippen molar-refractivity contribution in [2.45, 2.75) is 32.6 Å². The van der Waals surface area contributed by atoms with Gasteiger partial charge in [-0.15, -0.1) is 0 Å². The van der Waals surface area contributed by atoms with Crippen molar-refractivity contribution in [2.24, 2.45) is 5.92 Å². The van der Waals surface area contributed by atoms with Gasteiger partial charge in [-0.2, -0.15) is 5.10 Å². The lowest BCUT2D eigenvalue weighted by Crippen LogP contribution is -2.41. The number of piperidine rings is 1. The molecule has 0 saturated carbocycles. The number of amides is 2. The van der Waals surface area contributed by atoms with E-state index in [1.54, 1.807) is 4.90 Å². The number of likely N-dealkylation sites (tertiary alicyclic amines) is 1. The monoisotopic (exact) mass is 418 g/mol. The zero-order chi connectivity index (χ0) is 18.7. The smallest absolute Gasteiger partial charge is 0.275 e. The van der Waals surface area contributed by atoms with Crippen molar-refractivity contribution in [3.8, 4) is 0 Å². The van der Waals surface area contributed by atoms with E-state index in [2.05, 4.69) is 31.4 Å². The molecule has 1 aromatic heterocycles. The number of nitrogens with one attached hydrogen (secondary N) is 2. The molecule has 1 aromatic carbocycles. The highest BCUT2D eigenvalue weighted by Crippen LogP contribution is 2.28. The number of rotatable bonds is 4. The molecule has 0 radical (unpaired) electrons. The molecule has 3 rings (SSSR count). The number of halogens is 1. The number of nitrogens with zero attached hydrogens (tertiary/aromatic N) is 2. The molecular weight excluding hydrogens is 396 g/mol. The van der Waals surface area contributed by atoms with Crippen LogP contribution in [0.1, 0.15) is 48.8 Å². The van der Waals surface area contributed by atoms with Crippen LogP contribution in [-0.4, -0.2) is 40.0 Å². The predicted octanol–water partition coefficient (Wildman–Crippen LogP) is 3.79. The number of carbonyl (C=O) groups excluding carboxylic acids is 2. The van der Waals surface area contributed by atoms with Crippen LogP contribution >= 0.6 is 15.9 Å². The lowest BCUT2D eigenvalue weighted by atomic mass is 9.95. The topological polar surface area (TPSA) is 78.1 Å². The van der Waals surface area contributed by atoms with Gasteiger partial charge >= 0.3 is 0 Å². The second kappa shape index (κ2) is 8.03. The van der Waals surface area contributed by atoms with Crippen LogP contribution in [0.5, 0.6) is 0 Å². The maximum atomic E-state index is 12.7. The molecule has 0 atom stereocenters. The zero-order valence-electron chi connectivity index (χ0n) is 15.0. The Morgan fingerprint density at radius 2 is 1.88 bits per heavy atom. The number of benzene rings is 1. The van der Waals surface area contributed by atoms with Crippen molar-refractivity contribution < 1.29 is 9.59 Å². The van der Waals surface area contributed by atoms with E-state index in [9.17, 15) is 9.59 Å². The number of para-hydroxylation sites is 1. The largest absolute Gasteiger partial charge is 0.337 e. The third kappa shape index (κ3) is 3.98. The molecule has 1 aliphatic heterocycles. The van der Waals surface area contributed by atoms with Crippen molar-refractivity contribution in [3.05, 3.63) is 46.2 Å². The number of aromatic nitrogens is 2. The summed E-state index contributed by atoms with van der Waals surface area (Å²) in [6.07, 6.45) is 1.31. The van der Waals surface area contributed by atoms with Crippen molar-refractivity contribution in [1.82, 2.24) is 15.1 Å². The highest BCUT2D eigenvalue weighted by Gasteiger charge is 2.30. The molecule has 1 aliphatic rings. The van der Waals surface area contributed by atoms with Crippen LogP contribution in [0.15, 0.2) is 34.8 Å². The van der Waals surface area contributed by atoms with Crippen LogP contribution in [0.25, 0.3) is 0 Å². The highest BCUT2D eigenvalue weighted by atomic mass is 79.9. The van der Waals surface area contributed by atoms with Gasteiger partial charge in [-0.1, -0.05) is 32.0 Å². The molecular formula is C19H23BrN4O2. The summed E-state index contributed by atoms with van der Waals surface area (Å²) >= 11 is 3.49. The zero-order valence-corrected chi connectivity index (χ0v) is 16.5. The number of anilines is 1. The quantitative estimate of drug-likeness (QED) is 0.792. The molecule has 26 heavy (non-hydrogen) atoms. The van der Waals surface area contributed by atoms with Gasteiger partial charge in [0, 0.05) is 24.7 Å². The molecule has 1 fully saturated rings. The van der Waals surface area contributed by atoms with Gasteiger partial charge in [-0.05, 0) is 46.8 Å². The van der Waals surface area contributed by atoms with Crippen molar-refractivity contribution in [2.75, 3.05) is 18.4 Å². The van der Waals surface area contributed by atoms with E-state index in [4.69, 9.17) is 0 Å². The average molecular weight is 419 g/mol. The molecule has 2 amide bonds. The van der Waals surface area contributed by atoms with Crippen LogP contribution in [0.4, 0.5) is 5.69 Å². The van der Waals surface area contributed by atoms with Gasteiger partial charge in [0.2, 0.25) is 5.91 Å². The minimum absolute atomic E-state index is 0.0198. The maximum Gasteiger partial charge on any atom is 0.275 e. The van der Waals surface area contributed by atoms with E-state index in [1.807, 2.05) is 44.2 Å². The molecule has 0 bridgehead atoms. The molecule has 138 valence electrons. The normalized spacial score (nSPS) is 15.3. The summed E-state index contributed by atoms with van der Waals surface area (Å²) in [4.78, 5) is 26.9. The predicted molar refractivity (Wildman–Crippen MR) is 104 cm³/mol. The van der Waals surface area contributed by atoms with Crippen molar-refractivity contribution in [1.29, 1.82) is 0 Å². The molecule has 2 N–H and O–H groups in total. The molecule has 2 heterocycles. The molecule has 0 spiro atoms. The Balaban J connectivity index is 1.58. The Morgan fingerprint density at radius 1 is 1.23 bits per heavy atom. The summed E-state index contributed by atoms with van der Waals surface area (Å²) in [5.41, 5.74) is 2.14. The van der Waals surface area contributed by atoms with E-state index >= 15 is 0 Å². The Hall–Kier alpha value is -2.15. The summed E-state index contributed by atoms with van der Waals surface area (Å²) < 4.78 is 0.737. The molecule has 6 nitrogen and oxygen atoms in total. The number of aromatic amines is 1. The first-order valence-corrected chi connectivity index (χ1v) is 9.65. The maximum absolute atomic E-state index is 12.7. The van der Waals surface area contributed by atoms with E-state index in [-0.39, 0.29) is 23.7 Å². The first kappa shape index (κ1) is 18.6. The second-order valence-corrected chi connectivity index (χ2v) is 7.67. The van der Waals surface area contributed by atoms with Crippen LogP contribution in [-0.2, 0) is 4.79 Å². The summed E-state index contributed by atoms with van der Waals surface area (Å²) in [6.45, 7) is 5.21. The Labute approximate surface area is 161 Å². The number of H-pyrrole nitrogens is 1. The second-order valence-electron chi connectivity index (χ2n) is 6.88. The molecule has 2 aromatic rings. The Bertz CT molecular complexity index is 780. The first-order chi connectivity index (χ1) is 12.5. The van der Waals surface area contributed by atoms with Gasteiger partial charge in [-0.3, -0.25) is 14.7 Å². The van der Waals surface area contributed by atoms with Crippen LogP contribution < -0.4 is 5.32 Å². The molecule has 1 saturated heterocycles. The fraction of sp³-hybridized carbons (Fsp3) is 0.421. The van der Waals surface area contributed by atoms with Gasteiger partial charge < -0.3 is 10.2 Å². The SMILES string of the molecule is CC(C)c1[nH]nc(C(=O)N2CCC(C(=O)Nc3ccccc3)CC2)c1Br. The van der Waals surface area contributed by atoms with Gasteiger partial charge in [0.15, 0.2) is 5.69 Å². The fourth-order valence-corrected chi connectivity index (χ4v) is 3.93. The van der Waals surface area contributed by atoms with Crippen molar-refractivity contribution in [3.63, 3.8) is 0 Å².